The molecule has 0 spiro atoms. The molecule has 2 N–H and O–H groups in total. The van der Waals surface area contributed by atoms with Gasteiger partial charge in [0, 0.05) is 11.2 Å². The first kappa shape index (κ1) is 21.9. The Labute approximate surface area is 171 Å². The summed E-state index contributed by atoms with van der Waals surface area (Å²) < 4.78 is 25.5. The van der Waals surface area contributed by atoms with Gasteiger partial charge in [0.15, 0.2) is 6.35 Å². The first-order chi connectivity index (χ1) is 13.5. The van der Waals surface area contributed by atoms with E-state index in [-0.39, 0.29) is 17.5 Å². The minimum Gasteiger partial charge on any atom is -0.484 e. The third-order valence-electron chi connectivity index (χ3n) is 6.43. The molecule has 0 bridgehead atoms. The van der Waals surface area contributed by atoms with Crippen molar-refractivity contribution in [1.82, 2.24) is 0 Å². The molecule has 5 heteroatoms. The Hall–Kier alpha value is -0.830. The maximum atomic E-state index is 13.6. The van der Waals surface area contributed by atoms with E-state index in [9.17, 15) is 4.57 Å². The van der Waals surface area contributed by atoms with Crippen molar-refractivity contribution in [3.63, 3.8) is 0 Å². The molecule has 1 atom stereocenters. The van der Waals surface area contributed by atoms with Crippen LogP contribution in [0.15, 0.2) is 24.3 Å². The van der Waals surface area contributed by atoms with Gasteiger partial charge in [0.25, 0.3) is 0 Å². The molecule has 2 aliphatic rings. The molecule has 0 saturated heterocycles. The number of rotatable bonds is 10. The molecule has 0 amide bonds. The van der Waals surface area contributed by atoms with Crippen LogP contribution in [0.3, 0.4) is 0 Å². The first-order valence-electron chi connectivity index (χ1n) is 11.3. The van der Waals surface area contributed by atoms with Crippen LogP contribution >= 0.6 is 7.37 Å². The van der Waals surface area contributed by atoms with Gasteiger partial charge in [0.05, 0.1) is 6.61 Å². The molecule has 158 valence electrons. The smallest absolute Gasteiger partial charge is 0.242 e. The van der Waals surface area contributed by atoms with E-state index in [1.54, 1.807) is 0 Å². The lowest BCUT2D eigenvalue weighted by Crippen LogP contribution is -2.38. The van der Waals surface area contributed by atoms with Crippen molar-refractivity contribution < 1.29 is 13.8 Å². The van der Waals surface area contributed by atoms with Crippen LogP contribution in [0.4, 0.5) is 0 Å². The number of unbranched alkanes of at least 4 members (excludes halogenated alkanes) is 1. The SMILES string of the molecule is CCCCOP(=O)(COc1ccc(CC2(N)CCCC2)cc1)C1CCCCC1. The van der Waals surface area contributed by atoms with Gasteiger partial charge in [-0.15, -0.1) is 0 Å². The highest BCUT2D eigenvalue weighted by Gasteiger charge is 2.36. The second-order valence-corrected chi connectivity index (χ2v) is 11.6. The van der Waals surface area contributed by atoms with Gasteiger partial charge in [-0.2, -0.15) is 0 Å². The standard InChI is InChI=1S/C23H38NO3P/c1-2-3-17-27-28(25,22-9-5-4-6-10-22)19-26-21-13-11-20(12-14-21)18-23(24)15-7-8-16-23/h11-14,22H,2-10,15-19,24H2,1H3. The fraction of sp³-hybridized carbons (Fsp3) is 0.739. The number of nitrogens with two attached hydrogens (primary N) is 1. The number of hydrogen-bond donors (Lipinski definition) is 1. The summed E-state index contributed by atoms with van der Waals surface area (Å²) in [7, 11) is -2.78. The molecule has 4 nitrogen and oxygen atoms in total. The third-order valence-corrected chi connectivity index (χ3v) is 9.17. The average molecular weight is 408 g/mol. The molecule has 0 aromatic heterocycles. The number of hydrogen-bond acceptors (Lipinski definition) is 4. The van der Waals surface area contributed by atoms with Crippen molar-refractivity contribution >= 4 is 7.37 Å². The van der Waals surface area contributed by atoms with E-state index in [1.807, 2.05) is 12.1 Å². The van der Waals surface area contributed by atoms with E-state index >= 15 is 0 Å². The Balaban J connectivity index is 1.58. The quantitative estimate of drug-likeness (QED) is 0.367. The molecular formula is C23H38NO3P. The lowest BCUT2D eigenvalue weighted by molar-refractivity contribution is 0.263. The molecule has 1 aromatic carbocycles. The fourth-order valence-corrected chi connectivity index (χ4v) is 7.03. The highest BCUT2D eigenvalue weighted by Crippen LogP contribution is 2.56. The summed E-state index contributed by atoms with van der Waals surface area (Å²) in [6, 6.07) is 8.19. The lowest BCUT2D eigenvalue weighted by atomic mass is 9.90. The molecule has 1 unspecified atom stereocenters. The minimum atomic E-state index is -2.78. The topological polar surface area (TPSA) is 61.5 Å². The fourth-order valence-electron chi connectivity index (χ4n) is 4.62. The molecular weight excluding hydrogens is 369 g/mol. The molecule has 3 rings (SSSR count). The van der Waals surface area contributed by atoms with Gasteiger partial charge in [0.2, 0.25) is 7.37 Å². The second kappa shape index (κ2) is 10.3. The largest absolute Gasteiger partial charge is 0.484 e. The van der Waals surface area contributed by atoms with E-state index in [2.05, 4.69) is 19.1 Å². The van der Waals surface area contributed by atoms with Gasteiger partial charge in [-0.25, -0.2) is 0 Å². The Bertz CT molecular complexity index is 634. The summed E-state index contributed by atoms with van der Waals surface area (Å²) in [4.78, 5) is 0. The van der Waals surface area contributed by atoms with Crippen molar-refractivity contribution in [3.8, 4) is 5.75 Å². The van der Waals surface area contributed by atoms with Gasteiger partial charge < -0.3 is 15.0 Å². The van der Waals surface area contributed by atoms with Gasteiger partial charge >= 0.3 is 0 Å². The van der Waals surface area contributed by atoms with Gasteiger partial charge in [0.1, 0.15) is 5.75 Å². The third kappa shape index (κ3) is 6.08. The Morgan fingerprint density at radius 1 is 1.07 bits per heavy atom. The summed E-state index contributed by atoms with van der Waals surface area (Å²) in [5.41, 5.74) is 7.88. The van der Waals surface area contributed by atoms with Crippen LogP contribution in [0.25, 0.3) is 0 Å². The van der Waals surface area contributed by atoms with E-state index in [1.165, 1.54) is 24.8 Å². The maximum Gasteiger partial charge on any atom is 0.242 e. The molecule has 0 radical (unpaired) electrons. The van der Waals surface area contributed by atoms with E-state index in [0.717, 1.165) is 63.5 Å². The zero-order valence-electron chi connectivity index (χ0n) is 17.5. The monoisotopic (exact) mass is 407 g/mol. The zero-order valence-corrected chi connectivity index (χ0v) is 18.4. The predicted octanol–water partition coefficient (Wildman–Crippen LogP) is 6.26. The van der Waals surface area contributed by atoms with Crippen LogP contribution in [-0.4, -0.2) is 24.2 Å². The Morgan fingerprint density at radius 3 is 2.39 bits per heavy atom. The number of benzene rings is 1. The van der Waals surface area contributed by atoms with E-state index < -0.39 is 7.37 Å². The summed E-state index contributed by atoms with van der Waals surface area (Å²) >= 11 is 0. The predicted molar refractivity (Wildman–Crippen MR) is 116 cm³/mol. The normalized spacial score (nSPS) is 22.1. The van der Waals surface area contributed by atoms with Crippen molar-refractivity contribution in [3.05, 3.63) is 29.8 Å². The molecule has 1 aromatic rings. The molecule has 0 aliphatic heterocycles. The maximum absolute atomic E-state index is 13.6. The summed E-state index contributed by atoms with van der Waals surface area (Å²) in [5.74, 6) is 0.774. The van der Waals surface area contributed by atoms with Crippen molar-refractivity contribution in [2.45, 2.75) is 95.2 Å². The van der Waals surface area contributed by atoms with Crippen molar-refractivity contribution in [2.24, 2.45) is 5.73 Å². The lowest BCUT2D eigenvalue weighted by Gasteiger charge is -2.30. The molecule has 28 heavy (non-hydrogen) atoms. The summed E-state index contributed by atoms with van der Waals surface area (Å²) in [6.07, 6.45) is 13.4. The molecule has 2 aliphatic carbocycles. The van der Waals surface area contributed by atoms with Gasteiger partial charge in [-0.1, -0.05) is 57.6 Å². The second-order valence-electron chi connectivity index (χ2n) is 8.87. The van der Waals surface area contributed by atoms with E-state index in [4.69, 9.17) is 15.0 Å². The van der Waals surface area contributed by atoms with Crippen LogP contribution in [0, 0.1) is 0 Å². The molecule has 0 heterocycles. The van der Waals surface area contributed by atoms with Crippen LogP contribution in [0.1, 0.15) is 83.1 Å². The highest BCUT2D eigenvalue weighted by atomic mass is 31.2. The van der Waals surface area contributed by atoms with Gasteiger partial charge in [-0.3, -0.25) is 4.57 Å². The zero-order chi connectivity index (χ0) is 19.9. The van der Waals surface area contributed by atoms with Crippen LogP contribution in [-0.2, 0) is 15.5 Å². The Kier molecular flexibility index (Phi) is 8.02. The van der Waals surface area contributed by atoms with Crippen LogP contribution < -0.4 is 10.5 Å². The molecule has 2 fully saturated rings. The van der Waals surface area contributed by atoms with Gasteiger partial charge in [-0.05, 0) is 56.2 Å². The summed E-state index contributed by atoms with van der Waals surface area (Å²) in [5, 5.41) is 0. The highest BCUT2D eigenvalue weighted by molar-refractivity contribution is 7.59. The number of ether oxygens (including phenoxy) is 1. The van der Waals surface area contributed by atoms with Crippen molar-refractivity contribution in [1.29, 1.82) is 0 Å². The van der Waals surface area contributed by atoms with Crippen LogP contribution in [0.2, 0.25) is 0 Å². The Morgan fingerprint density at radius 2 is 1.75 bits per heavy atom. The minimum absolute atomic E-state index is 0.0355. The van der Waals surface area contributed by atoms with Crippen molar-refractivity contribution in [2.75, 3.05) is 13.0 Å². The summed E-state index contributed by atoms with van der Waals surface area (Å²) in [6.45, 7) is 2.70. The first-order valence-corrected chi connectivity index (χ1v) is 13.1. The van der Waals surface area contributed by atoms with Crippen LogP contribution in [0.5, 0.6) is 5.75 Å². The van der Waals surface area contributed by atoms with E-state index in [0.29, 0.717) is 6.61 Å². The molecule has 2 saturated carbocycles. The average Bonchev–Trinajstić information content (AvgIpc) is 3.14.